The van der Waals surface area contributed by atoms with Gasteiger partial charge in [-0.2, -0.15) is 26.3 Å². The molecular weight excluding hydrogens is 577 g/mol. The van der Waals surface area contributed by atoms with Crippen LogP contribution in [0.5, 0.6) is 0 Å². The summed E-state index contributed by atoms with van der Waals surface area (Å²) in [5.41, 5.74) is -5.05. The summed E-state index contributed by atoms with van der Waals surface area (Å²) in [6.07, 6.45) is -5.02. The third kappa shape index (κ3) is 7.70. The van der Waals surface area contributed by atoms with E-state index in [4.69, 9.17) is 0 Å². The minimum Gasteiger partial charge on any atom is -0.393 e. The van der Waals surface area contributed by atoms with Crippen molar-refractivity contribution < 1.29 is 46.1 Å². The first-order valence-corrected chi connectivity index (χ1v) is 15.0. The Balaban J connectivity index is 1.95. The minimum atomic E-state index is -6.01. The van der Waals surface area contributed by atoms with Crippen LogP contribution in [0.3, 0.4) is 0 Å². The summed E-state index contributed by atoms with van der Waals surface area (Å²) >= 11 is 0. The van der Waals surface area contributed by atoms with Crippen LogP contribution in [0.2, 0.25) is 0 Å². The van der Waals surface area contributed by atoms with Crippen molar-refractivity contribution in [2.45, 2.75) is 134 Å². The molecule has 3 rings (SSSR count). The molecule has 3 aliphatic carbocycles. The number of allylic oxidation sites excluding steroid dienone is 4. The third-order valence-electron chi connectivity index (χ3n) is 10.1. The molecule has 0 bridgehead atoms. The van der Waals surface area contributed by atoms with Crippen molar-refractivity contribution in [3.63, 3.8) is 0 Å². The van der Waals surface area contributed by atoms with Gasteiger partial charge in [-0.1, -0.05) is 50.5 Å². The highest BCUT2D eigenvalue weighted by atomic mass is 19.4. The highest BCUT2D eigenvalue weighted by Crippen LogP contribution is 2.63. The average Bonchev–Trinajstić information content (AvgIpc) is 3.21. The summed E-state index contributed by atoms with van der Waals surface area (Å²) in [5, 5.41) is 29.9. The zero-order chi connectivity index (χ0) is 32.6. The van der Waals surface area contributed by atoms with Gasteiger partial charge in [0.1, 0.15) is 6.17 Å². The van der Waals surface area contributed by atoms with Crippen molar-refractivity contribution >= 4 is 0 Å². The van der Waals surface area contributed by atoms with E-state index < -0.39 is 41.2 Å². The summed E-state index contributed by atoms with van der Waals surface area (Å²) in [6.45, 7) is 11.1. The van der Waals surface area contributed by atoms with E-state index >= 15 is 0 Å². The standard InChI is InChI=1S/C33H45F7O3/c1-21-23(19-24(41)20-26(21)34)11-10-22-9-6-17-30(5)25(22)12-13-27(30)29(4,15-7-14-28(2,3)42)16-8-18-31(43,32(35,36)37)33(38,39)40/h10-11,24-27,41-43H,1,6-7,9,12-17,19-20H2,2-5H3/t24?,25?,26-,27+,29+,30-/m0/s1. The molecule has 0 amide bonds. The number of alkyl halides is 7. The van der Waals surface area contributed by atoms with Crippen LogP contribution in [0, 0.1) is 34.5 Å². The maximum atomic E-state index is 14.3. The summed E-state index contributed by atoms with van der Waals surface area (Å²) in [5.74, 6) is 3.28. The average molecular weight is 623 g/mol. The maximum absolute atomic E-state index is 14.3. The van der Waals surface area contributed by atoms with Crippen LogP contribution >= 0.6 is 0 Å². The first-order chi connectivity index (χ1) is 19.5. The Labute approximate surface area is 250 Å². The fourth-order valence-corrected chi connectivity index (χ4v) is 7.81. The third-order valence-corrected chi connectivity index (χ3v) is 10.1. The van der Waals surface area contributed by atoms with Gasteiger partial charge in [0, 0.05) is 12.8 Å². The maximum Gasteiger partial charge on any atom is 0.438 e. The molecule has 2 unspecified atom stereocenters. The minimum absolute atomic E-state index is 0.0212. The first kappa shape index (κ1) is 35.6. The molecule has 3 aliphatic rings. The summed E-state index contributed by atoms with van der Waals surface area (Å²) in [4.78, 5) is 0. The molecule has 3 N–H and O–H groups in total. The van der Waals surface area contributed by atoms with Gasteiger partial charge < -0.3 is 15.3 Å². The predicted octanol–water partition coefficient (Wildman–Crippen LogP) is 8.30. The number of halogens is 7. The van der Waals surface area contributed by atoms with Crippen molar-refractivity contribution in [1.29, 1.82) is 0 Å². The Hall–Kier alpha value is -1.83. The van der Waals surface area contributed by atoms with Crippen molar-refractivity contribution in [3.8, 4) is 11.8 Å². The van der Waals surface area contributed by atoms with Crippen molar-refractivity contribution in [2.75, 3.05) is 0 Å². The van der Waals surface area contributed by atoms with E-state index in [0.29, 0.717) is 43.3 Å². The Morgan fingerprint density at radius 1 is 1.00 bits per heavy atom. The van der Waals surface area contributed by atoms with Gasteiger partial charge in [-0.25, -0.2) is 4.39 Å². The lowest BCUT2D eigenvalue weighted by atomic mass is 9.55. The molecule has 10 heteroatoms. The second-order valence-electron chi connectivity index (χ2n) is 14.1. The molecule has 6 atom stereocenters. The van der Waals surface area contributed by atoms with Crippen LogP contribution in [-0.4, -0.2) is 51.1 Å². The zero-order valence-electron chi connectivity index (χ0n) is 25.4. The normalized spacial score (nSPS) is 32.4. The van der Waals surface area contributed by atoms with E-state index in [-0.39, 0.29) is 30.1 Å². The van der Waals surface area contributed by atoms with E-state index in [1.165, 1.54) is 0 Å². The molecule has 0 aromatic carbocycles. The van der Waals surface area contributed by atoms with Crippen molar-refractivity contribution in [2.24, 2.45) is 22.7 Å². The number of aliphatic hydroxyl groups is 3. The SMILES string of the molecule is C=C1C(=CC=C2CCC[C@@]3(C)C2CC[C@@H]3[C@@](C)(CC#CC(O)(C(F)(F)F)C(F)(F)F)CCCC(C)(C)O)CC(O)C[C@@H]1F. The molecule has 0 radical (unpaired) electrons. The molecule has 0 heterocycles. The van der Waals surface area contributed by atoms with E-state index in [2.05, 4.69) is 19.4 Å². The molecule has 3 fully saturated rings. The second kappa shape index (κ2) is 12.5. The molecule has 3 saturated carbocycles. The Bertz CT molecular complexity index is 1140. The fourth-order valence-electron chi connectivity index (χ4n) is 7.81. The summed E-state index contributed by atoms with van der Waals surface area (Å²) < 4.78 is 94.1. The smallest absolute Gasteiger partial charge is 0.393 e. The molecule has 0 aromatic heterocycles. The largest absolute Gasteiger partial charge is 0.438 e. The lowest BCUT2D eigenvalue weighted by Crippen LogP contribution is -2.55. The molecule has 0 spiro atoms. The van der Waals surface area contributed by atoms with Crippen LogP contribution in [0.1, 0.15) is 98.3 Å². The monoisotopic (exact) mass is 622 g/mol. The van der Waals surface area contributed by atoms with Crippen LogP contribution in [0.25, 0.3) is 0 Å². The lowest BCUT2D eigenvalue weighted by Gasteiger charge is -2.49. The molecule has 43 heavy (non-hydrogen) atoms. The van der Waals surface area contributed by atoms with Gasteiger partial charge in [-0.15, -0.1) is 0 Å². The molecule has 0 aromatic rings. The van der Waals surface area contributed by atoms with E-state index in [9.17, 15) is 46.1 Å². The Kier molecular flexibility index (Phi) is 10.4. The topological polar surface area (TPSA) is 60.7 Å². The van der Waals surface area contributed by atoms with Crippen LogP contribution < -0.4 is 0 Å². The molecule has 0 aliphatic heterocycles. The fraction of sp³-hybridized carbons (Fsp3) is 0.758. The predicted molar refractivity (Wildman–Crippen MR) is 151 cm³/mol. The van der Waals surface area contributed by atoms with Gasteiger partial charge in [-0.05, 0) is 105 Å². The second-order valence-corrected chi connectivity index (χ2v) is 14.1. The van der Waals surface area contributed by atoms with Crippen LogP contribution in [0.15, 0.2) is 35.5 Å². The van der Waals surface area contributed by atoms with E-state index in [1.54, 1.807) is 13.8 Å². The molecule has 3 nitrogen and oxygen atoms in total. The summed E-state index contributed by atoms with van der Waals surface area (Å²) in [6, 6.07) is 0. The lowest BCUT2D eigenvalue weighted by molar-refractivity contribution is -0.343. The number of hydrogen-bond acceptors (Lipinski definition) is 3. The Morgan fingerprint density at radius 3 is 2.21 bits per heavy atom. The molecule has 244 valence electrons. The first-order valence-electron chi connectivity index (χ1n) is 15.0. The summed E-state index contributed by atoms with van der Waals surface area (Å²) in [7, 11) is 0. The van der Waals surface area contributed by atoms with E-state index in [1.807, 2.05) is 19.1 Å². The van der Waals surface area contributed by atoms with Gasteiger partial charge in [0.05, 0.1) is 11.7 Å². The van der Waals surface area contributed by atoms with Gasteiger partial charge in [-0.3, -0.25) is 0 Å². The zero-order valence-corrected chi connectivity index (χ0v) is 25.4. The van der Waals surface area contributed by atoms with Gasteiger partial charge in [0.15, 0.2) is 0 Å². The van der Waals surface area contributed by atoms with Gasteiger partial charge >= 0.3 is 18.0 Å². The van der Waals surface area contributed by atoms with E-state index in [0.717, 1.165) is 37.2 Å². The van der Waals surface area contributed by atoms with Crippen molar-refractivity contribution in [1.82, 2.24) is 0 Å². The molecule has 0 saturated heterocycles. The number of aliphatic hydroxyl groups excluding tert-OH is 1. The number of rotatable bonds is 7. The van der Waals surface area contributed by atoms with Gasteiger partial charge in [0.25, 0.3) is 0 Å². The highest BCUT2D eigenvalue weighted by Gasteiger charge is 2.70. The van der Waals surface area contributed by atoms with Crippen molar-refractivity contribution in [3.05, 3.63) is 35.5 Å². The molecular formula is C33H45F7O3. The van der Waals surface area contributed by atoms with Crippen LogP contribution in [0.4, 0.5) is 30.7 Å². The van der Waals surface area contributed by atoms with Crippen LogP contribution in [-0.2, 0) is 0 Å². The number of hydrogen-bond donors (Lipinski definition) is 3. The quantitative estimate of drug-likeness (QED) is 0.198. The number of fused-ring (bicyclic) bond motifs is 1. The Morgan fingerprint density at radius 2 is 1.63 bits per heavy atom. The highest BCUT2D eigenvalue weighted by molar-refractivity contribution is 5.39. The van der Waals surface area contributed by atoms with Gasteiger partial charge in [0.2, 0.25) is 0 Å².